The molecule has 1 fully saturated rings. The van der Waals surface area contributed by atoms with Crippen molar-refractivity contribution in [2.45, 2.75) is 64.5 Å². The Balaban J connectivity index is 2.40. The fourth-order valence-corrected chi connectivity index (χ4v) is 2.77. The van der Waals surface area contributed by atoms with Gasteiger partial charge in [0.1, 0.15) is 5.82 Å². The molecule has 1 atom stereocenters. The maximum Gasteiger partial charge on any atom is 0.469 e. The van der Waals surface area contributed by atoms with Crippen LogP contribution < -0.4 is 0 Å². The SMILES string of the molecule is CCOC(=O)CC(C)(B1OC(C)(C)C(C)(C)O1)c1ccc(F)cc1. The highest BCUT2D eigenvalue weighted by atomic mass is 19.1. The van der Waals surface area contributed by atoms with Crippen LogP contribution in [-0.2, 0) is 24.2 Å². The molecule has 0 bridgehead atoms. The largest absolute Gasteiger partial charge is 0.469 e. The van der Waals surface area contributed by atoms with Crippen molar-refractivity contribution in [3.05, 3.63) is 35.6 Å². The highest BCUT2D eigenvalue weighted by Crippen LogP contribution is 2.44. The first kappa shape index (κ1) is 18.9. The van der Waals surface area contributed by atoms with Gasteiger partial charge in [0.05, 0.1) is 24.2 Å². The lowest BCUT2D eigenvalue weighted by atomic mass is 9.53. The van der Waals surface area contributed by atoms with Crippen LogP contribution >= 0.6 is 0 Å². The highest BCUT2D eigenvalue weighted by Gasteiger charge is 2.59. The summed E-state index contributed by atoms with van der Waals surface area (Å²) in [5.41, 5.74) is -0.267. The summed E-state index contributed by atoms with van der Waals surface area (Å²) in [6, 6.07) is 6.09. The van der Waals surface area contributed by atoms with Crippen molar-refractivity contribution in [2.24, 2.45) is 0 Å². The van der Waals surface area contributed by atoms with Crippen molar-refractivity contribution in [1.29, 1.82) is 0 Å². The number of ether oxygens (including phenoxy) is 1. The number of benzene rings is 1. The van der Waals surface area contributed by atoms with E-state index in [0.717, 1.165) is 5.56 Å². The summed E-state index contributed by atoms with van der Waals surface area (Å²) in [5.74, 6) is -0.662. The summed E-state index contributed by atoms with van der Waals surface area (Å²) >= 11 is 0. The van der Waals surface area contributed by atoms with Gasteiger partial charge < -0.3 is 14.0 Å². The molecule has 2 rings (SSSR count). The van der Waals surface area contributed by atoms with Gasteiger partial charge in [0.2, 0.25) is 0 Å². The van der Waals surface area contributed by atoms with Gasteiger partial charge in [-0.2, -0.15) is 0 Å². The van der Waals surface area contributed by atoms with Gasteiger partial charge in [-0.05, 0) is 52.3 Å². The first-order chi connectivity index (χ1) is 11.0. The summed E-state index contributed by atoms with van der Waals surface area (Å²) in [4.78, 5) is 12.2. The molecule has 1 aromatic rings. The van der Waals surface area contributed by atoms with Gasteiger partial charge in [-0.1, -0.05) is 19.1 Å². The van der Waals surface area contributed by atoms with Crippen LogP contribution in [0.2, 0.25) is 0 Å². The third kappa shape index (κ3) is 3.49. The van der Waals surface area contributed by atoms with Gasteiger partial charge in [0.25, 0.3) is 0 Å². The molecule has 1 heterocycles. The number of carbonyl (C=O) groups is 1. The monoisotopic (exact) mass is 336 g/mol. The summed E-state index contributed by atoms with van der Waals surface area (Å²) in [7, 11) is -0.641. The number of halogens is 1. The molecule has 1 aliphatic heterocycles. The Morgan fingerprint density at radius 2 is 1.67 bits per heavy atom. The minimum atomic E-state index is -0.787. The molecule has 0 amide bonds. The minimum absolute atomic E-state index is 0.0866. The average molecular weight is 336 g/mol. The topological polar surface area (TPSA) is 44.8 Å². The number of carbonyl (C=O) groups excluding carboxylic acids is 1. The molecule has 132 valence electrons. The Kier molecular flexibility index (Phi) is 5.12. The second-order valence-corrected chi connectivity index (χ2v) is 7.49. The molecular weight excluding hydrogens is 310 g/mol. The van der Waals surface area contributed by atoms with Crippen LogP contribution in [-0.4, -0.2) is 30.9 Å². The Morgan fingerprint density at radius 1 is 1.17 bits per heavy atom. The molecule has 1 unspecified atom stereocenters. The smallest absolute Gasteiger partial charge is 0.466 e. The number of hydrogen-bond acceptors (Lipinski definition) is 4. The summed E-state index contributed by atoms with van der Waals surface area (Å²) in [6.45, 7) is 11.8. The third-order valence-corrected chi connectivity index (χ3v) is 5.09. The second-order valence-electron chi connectivity index (χ2n) is 7.49. The standard InChI is InChI=1S/C18H26BFO4/c1-7-22-15(21)12-18(6,13-8-10-14(20)11-9-13)19-23-16(2,3)17(4,5)24-19/h8-11H,7,12H2,1-6H3. The van der Waals surface area contributed by atoms with Crippen LogP contribution in [0.4, 0.5) is 4.39 Å². The van der Waals surface area contributed by atoms with Crippen LogP contribution in [0.15, 0.2) is 24.3 Å². The van der Waals surface area contributed by atoms with Crippen LogP contribution in [0.5, 0.6) is 0 Å². The van der Waals surface area contributed by atoms with Gasteiger partial charge in [-0.3, -0.25) is 4.79 Å². The van der Waals surface area contributed by atoms with Gasteiger partial charge in [0, 0.05) is 5.31 Å². The summed E-state index contributed by atoms with van der Waals surface area (Å²) in [6.07, 6.45) is 0.0866. The first-order valence-corrected chi connectivity index (χ1v) is 8.29. The van der Waals surface area contributed by atoms with E-state index in [2.05, 4.69) is 0 Å². The molecule has 0 saturated carbocycles. The summed E-state index contributed by atoms with van der Waals surface area (Å²) < 4.78 is 30.8. The van der Waals surface area contributed by atoms with Crippen LogP contribution in [0.25, 0.3) is 0 Å². The van der Waals surface area contributed by atoms with E-state index in [1.165, 1.54) is 12.1 Å². The Morgan fingerprint density at radius 3 is 2.12 bits per heavy atom. The van der Waals surface area contributed by atoms with E-state index in [9.17, 15) is 9.18 Å². The predicted molar refractivity (Wildman–Crippen MR) is 91.1 cm³/mol. The van der Waals surface area contributed by atoms with Crippen molar-refractivity contribution < 1.29 is 23.2 Å². The first-order valence-electron chi connectivity index (χ1n) is 8.29. The lowest BCUT2D eigenvalue weighted by molar-refractivity contribution is -0.144. The van der Waals surface area contributed by atoms with Crippen molar-refractivity contribution in [2.75, 3.05) is 6.61 Å². The molecular formula is C18H26BFO4. The van der Waals surface area contributed by atoms with Crippen molar-refractivity contribution >= 4 is 13.1 Å². The Bertz CT molecular complexity index is 584. The Hall–Kier alpha value is -1.40. The van der Waals surface area contributed by atoms with Gasteiger partial charge >= 0.3 is 13.1 Å². The van der Waals surface area contributed by atoms with Gasteiger partial charge in [0.15, 0.2) is 0 Å². The quantitative estimate of drug-likeness (QED) is 0.608. The van der Waals surface area contributed by atoms with E-state index in [-0.39, 0.29) is 18.2 Å². The molecule has 1 aliphatic rings. The van der Waals surface area contributed by atoms with E-state index >= 15 is 0 Å². The van der Waals surface area contributed by atoms with E-state index in [4.69, 9.17) is 14.0 Å². The molecule has 1 saturated heterocycles. The highest BCUT2D eigenvalue weighted by molar-refractivity contribution is 6.50. The zero-order chi connectivity index (χ0) is 18.2. The zero-order valence-corrected chi connectivity index (χ0v) is 15.3. The maximum atomic E-state index is 13.3. The van der Waals surface area contributed by atoms with Crippen LogP contribution in [0.3, 0.4) is 0 Å². The summed E-state index contributed by atoms with van der Waals surface area (Å²) in [5, 5.41) is -0.787. The lowest BCUT2D eigenvalue weighted by Gasteiger charge is -2.32. The molecule has 24 heavy (non-hydrogen) atoms. The van der Waals surface area contributed by atoms with Crippen molar-refractivity contribution in [1.82, 2.24) is 0 Å². The van der Waals surface area contributed by atoms with Gasteiger partial charge in [-0.25, -0.2) is 4.39 Å². The van der Waals surface area contributed by atoms with E-state index in [1.54, 1.807) is 19.1 Å². The molecule has 0 N–H and O–H groups in total. The zero-order valence-electron chi connectivity index (χ0n) is 15.3. The fourth-order valence-electron chi connectivity index (χ4n) is 2.77. The molecule has 1 aromatic carbocycles. The fraction of sp³-hybridized carbons (Fsp3) is 0.611. The number of hydrogen-bond donors (Lipinski definition) is 0. The van der Waals surface area contributed by atoms with Crippen LogP contribution in [0.1, 0.15) is 53.5 Å². The number of rotatable bonds is 5. The molecule has 0 spiro atoms. The molecule has 4 nitrogen and oxygen atoms in total. The van der Waals surface area contributed by atoms with E-state index < -0.39 is 23.6 Å². The Labute approximate surface area is 143 Å². The predicted octanol–water partition coefficient (Wildman–Crippen LogP) is 3.67. The molecule has 6 heteroatoms. The molecule has 0 aliphatic carbocycles. The number of esters is 1. The molecule has 0 aromatic heterocycles. The third-order valence-electron chi connectivity index (χ3n) is 5.09. The maximum absolute atomic E-state index is 13.3. The van der Waals surface area contributed by atoms with E-state index in [1.807, 2.05) is 34.6 Å². The van der Waals surface area contributed by atoms with Crippen LogP contribution in [0, 0.1) is 5.82 Å². The van der Waals surface area contributed by atoms with Gasteiger partial charge in [-0.15, -0.1) is 0 Å². The lowest BCUT2D eigenvalue weighted by Crippen LogP contribution is -2.45. The second kappa shape index (κ2) is 6.49. The normalized spacial score (nSPS) is 21.4. The minimum Gasteiger partial charge on any atom is -0.466 e. The van der Waals surface area contributed by atoms with Crippen molar-refractivity contribution in [3.63, 3.8) is 0 Å². The van der Waals surface area contributed by atoms with Crippen molar-refractivity contribution in [3.8, 4) is 0 Å². The average Bonchev–Trinajstić information content (AvgIpc) is 2.68. The van der Waals surface area contributed by atoms with E-state index in [0.29, 0.717) is 6.61 Å². The molecule has 0 radical (unpaired) electrons.